The lowest BCUT2D eigenvalue weighted by atomic mass is 10.1. The Kier molecular flexibility index (Phi) is 4.62. The Morgan fingerprint density at radius 3 is 2.75 bits per heavy atom. The van der Waals surface area contributed by atoms with Crippen molar-refractivity contribution >= 4 is 23.2 Å². The van der Waals surface area contributed by atoms with Crippen LogP contribution in [0.15, 0.2) is 18.2 Å². The largest absolute Gasteiger partial charge is 0.495 e. The summed E-state index contributed by atoms with van der Waals surface area (Å²) in [6, 6.07) is 5.13. The molecule has 0 heterocycles. The predicted octanol–water partition coefficient (Wildman–Crippen LogP) is 3.33. The molecular formula is C12H16ClNO2. The fourth-order valence-electron chi connectivity index (χ4n) is 1.35. The van der Waals surface area contributed by atoms with Crippen LogP contribution in [0.25, 0.3) is 0 Å². The minimum atomic E-state index is -0.0319. The Labute approximate surface area is 101 Å². The number of anilines is 1. The minimum absolute atomic E-state index is 0.0319. The summed E-state index contributed by atoms with van der Waals surface area (Å²) < 4.78 is 5.13. The maximum atomic E-state index is 11.6. The zero-order valence-electron chi connectivity index (χ0n) is 9.71. The third kappa shape index (κ3) is 3.74. The highest BCUT2D eigenvalue weighted by Crippen LogP contribution is 2.27. The van der Waals surface area contributed by atoms with Crippen LogP contribution >= 0.6 is 11.6 Å². The zero-order chi connectivity index (χ0) is 12.1. The molecule has 0 bridgehead atoms. The van der Waals surface area contributed by atoms with Crippen LogP contribution in [0, 0.1) is 5.92 Å². The van der Waals surface area contributed by atoms with Crippen molar-refractivity contribution in [3.05, 3.63) is 23.2 Å². The molecule has 0 saturated heterocycles. The number of carbonyl (C=O) groups is 1. The standard InChI is InChI=1S/C12H16ClNO2/c1-8(2)6-12(15)14-10-7-9(13)4-5-11(10)16-3/h4-5,7-8H,6H2,1-3H3,(H,14,15). The monoisotopic (exact) mass is 241 g/mol. The first-order valence-corrected chi connectivity index (χ1v) is 5.54. The summed E-state index contributed by atoms with van der Waals surface area (Å²) in [6.45, 7) is 3.99. The molecule has 1 N–H and O–H groups in total. The topological polar surface area (TPSA) is 38.3 Å². The summed E-state index contributed by atoms with van der Waals surface area (Å²) in [6.07, 6.45) is 0.482. The molecule has 1 aromatic carbocycles. The van der Waals surface area contributed by atoms with E-state index in [1.54, 1.807) is 25.3 Å². The Balaban J connectivity index is 2.79. The van der Waals surface area contributed by atoms with Crippen LogP contribution in [-0.4, -0.2) is 13.0 Å². The Hall–Kier alpha value is -1.22. The first-order chi connectivity index (χ1) is 7.52. The quantitative estimate of drug-likeness (QED) is 0.878. The molecule has 1 rings (SSSR count). The van der Waals surface area contributed by atoms with Gasteiger partial charge in [0.15, 0.2) is 0 Å². The van der Waals surface area contributed by atoms with Gasteiger partial charge in [-0.05, 0) is 24.1 Å². The molecule has 88 valence electrons. The molecule has 0 aliphatic heterocycles. The summed E-state index contributed by atoms with van der Waals surface area (Å²) in [4.78, 5) is 11.6. The molecule has 0 saturated carbocycles. The van der Waals surface area contributed by atoms with E-state index in [9.17, 15) is 4.79 Å². The van der Waals surface area contributed by atoms with Gasteiger partial charge in [0.1, 0.15) is 5.75 Å². The van der Waals surface area contributed by atoms with Gasteiger partial charge < -0.3 is 10.1 Å². The van der Waals surface area contributed by atoms with E-state index in [1.807, 2.05) is 13.8 Å². The first kappa shape index (κ1) is 12.8. The zero-order valence-corrected chi connectivity index (χ0v) is 10.5. The highest BCUT2D eigenvalue weighted by molar-refractivity contribution is 6.31. The lowest BCUT2D eigenvalue weighted by Crippen LogP contribution is -2.14. The van der Waals surface area contributed by atoms with E-state index < -0.39 is 0 Å². The van der Waals surface area contributed by atoms with E-state index in [-0.39, 0.29) is 5.91 Å². The van der Waals surface area contributed by atoms with E-state index in [2.05, 4.69) is 5.32 Å². The van der Waals surface area contributed by atoms with E-state index in [0.717, 1.165) is 0 Å². The lowest BCUT2D eigenvalue weighted by Gasteiger charge is -2.11. The predicted molar refractivity (Wildman–Crippen MR) is 66.1 cm³/mol. The number of rotatable bonds is 4. The summed E-state index contributed by atoms with van der Waals surface area (Å²) >= 11 is 5.86. The Bertz CT molecular complexity index is 377. The number of amides is 1. The average molecular weight is 242 g/mol. The van der Waals surface area contributed by atoms with Crippen LogP contribution in [0.4, 0.5) is 5.69 Å². The van der Waals surface area contributed by atoms with Crippen molar-refractivity contribution < 1.29 is 9.53 Å². The number of benzene rings is 1. The maximum Gasteiger partial charge on any atom is 0.224 e. The molecule has 3 nitrogen and oxygen atoms in total. The molecule has 1 aromatic rings. The molecule has 0 atom stereocenters. The van der Waals surface area contributed by atoms with Gasteiger partial charge in [-0.2, -0.15) is 0 Å². The fraction of sp³-hybridized carbons (Fsp3) is 0.417. The summed E-state index contributed by atoms with van der Waals surface area (Å²) in [5.41, 5.74) is 0.612. The smallest absolute Gasteiger partial charge is 0.224 e. The van der Waals surface area contributed by atoms with Crippen molar-refractivity contribution in [3.63, 3.8) is 0 Å². The molecule has 0 aromatic heterocycles. The lowest BCUT2D eigenvalue weighted by molar-refractivity contribution is -0.116. The molecule has 0 aliphatic carbocycles. The molecule has 16 heavy (non-hydrogen) atoms. The van der Waals surface area contributed by atoms with Gasteiger partial charge in [0.2, 0.25) is 5.91 Å². The second kappa shape index (κ2) is 5.75. The molecule has 0 unspecified atom stereocenters. The second-order valence-electron chi connectivity index (χ2n) is 3.99. The number of halogens is 1. The van der Waals surface area contributed by atoms with Gasteiger partial charge in [-0.15, -0.1) is 0 Å². The van der Waals surface area contributed by atoms with Crippen molar-refractivity contribution in [2.75, 3.05) is 12.4 Å². The third-order valence-electron chi connectivity index (χ3n) is 2.03. The Morgan fingerprint density at radius 2 is 2.19 bits per heavy atom. The molecular weight excluding hydrogens is 226 g/mol. The van der Waals surface area contributed by atoms with Gasteiger partial charge in [-0.3, -0.25) is 4.79 Å². The molecule has 0 fully saturated rings. The SMILES string of the molecule is COc1ccc(Cl)cc1NC(=O)CC(C)C. The van der Waals surface area contributed by atoms with Gasteiger partial charge >= 0.3 is 0 Å². The first-order valence-electron chi connectivity index (χ1n) is 5.16. The van der Waals surface area contributed by atoms with Crippen molar-refractivity contribution in [3.8, 4) is 5.75 Å². The number of hydrogen-bond donors (Lipinski definition) is 1. The van der Waals surface area contributed by atoms with Crippen molar-refractivity contribution in [2.24, 2.45) is 5.92 Å². The molecule has 0 spiro atoms. The van der Waals surface area contributed by atoms with Crippen molar-refractivity contribution in [1.82, 2.24) is 0 Å². The number of carbonyl (C=O) groups excluding carboxylic acids is 1. The van der Waals surface area contributed by atoms with Gasteiger partial charge in [-0.25, -0.2) is 0 Å². The summed E-state index contributed by atoms with van der Waals surface area (Å²) in [7, 11) is 1.56. The van der Waals surface area contributed by atoms with E-state index in [0.29, 0.717) is 28.8 Å². The second-order valence-corrected chi connectivity index (χ2v) is 4.43. The summed E-state index contributed by atoms with van der Waals surface area (Å²) in [5.74, 6) is 0.905. The maximum absolute atomic E-state index is 11.6. The van der Waals surface area contributed by atoms with Gasteiger partial charge in [-0.1, -0.05) is 25.4 Å². The Morgan fingerprint density at radius 1 is 1.50 bits per heavy atom. The van der Waals surface area contributed by atoms with Crippen molar-refractivity contribution in [1.29, 1.82) is 0 Å². The van der Waals surface area contributed by atoms with Gasteiger partial charge in [0.25, 0.3) is 0 Å². The fourth-order valence-corrected chi connectivity index (χ4v) is 1.52. The normalized spacial score (nSPS) is 10.3. The van der Waals surface area contributed by atoms with Gasteiger partial charge in [0.05, 0.1) is 12.8 Å². The van der Waals surface area contributed by atoms with Crippen LogP contribution in [0.5, 0.6) is 5.75 Å². The molecule has 0 aliphatic rings. The van der Waals surface area contributed by atoms with Crippen LogP contribution in [-0.2, 0) is 4.79 Å². The van der Waals surface area contributed by atoms with Crippen LogP contribution in [0.3, 0.4) is 0 Å². The summed E-state index contributed by atoms with van der Waals surface area (Å²) in [5, 5.41) is 3.36. The molecule has 1 amide bonds. The number of ether oxygens (including phenoxy) is 1. The van der Waals surface area contributed by atoms with Crippen LogP contribution in [0.2, 0.25) is 5.02 Å². The van der Waals surface area contributed by atoms with Crippen LogP contribution < -0.4 is 10.1 Å². The molecule has 4 heteroatoms. The number of nitrogens with one attached hydrogen (secondary N) is 1. The molecule has 0 radical (unpaired) electrons. The third-order valence-corrected chi connectivity index (χ3v) is 2.26. The minimum Gasteiger partial charge on any atom is -0.495 e. The highest BCUT2D eigenvalue weighted by atomic mass is 35.5. The van der Waals surface area contributed by atoms with E-state index in [1.165, 1.54) is 0 Å². The average Bonchev–Trinajstić information content (AvgIpc) is 2.16. The van der Waals surface area contributed by atoms with Crippen LogP contribution in [0.1, 0.15) is 20.3 Å². The van der Waals surface area contributed by atoms with Crippen molar-refractivity contribution in [2.45, 2.75) is 20.3 Å². The van der Waals surface area contributed by atoms with Gasteiger partial charge in [0, 0.05) is 11.4 Å². The number of hydrogen-bond acceptors (Lipinski definition) is 2. The number of methoxy groups -OCH3 is 1. The highest BCUT2D eigenvalue weighted by Gasteiger charge is 2.09. The van der Waals surface area contributed by atoms with E-state index >= 15 is 0 Å². The van der Waals surface area contributed by atoms with E-state index in [4.69, 9.17) is 16.3 Å².